The van der Waals surface area contributed by atoms with Gasteiger partial charge in [-0.2, -0.15) is 15.2 Å². The maximum absolute atomic E-state index is 15.9. The topological polar surface area (TPSA) is 184 Å². The number of hydrogen-bond acceptors (Lipinski definition) is 14. The van der Waals surface area contributed by atoms with Gasteiger partial charge in [0.2, 0.25) is 11.9 Å². The highest BCUT2D eigenvalue weighted by Gasteiger charge is 2.32. The van der Waals surface area contributed by atoms with Crippen LogP contribution in [0.1, 0.15) is 32.1 Å². The quantitative estimate of drug-likeness (QED) is 0.0942. The van der Waals surface area contributed by atoms with Gasteiger partial charge in [-0.05, 0) is 97.3 Å². The average Bonchev–Trinajstić information content (AvgIpc) is 3.98. The van der Waals surface area contributed by atoms with Gasteiger partial charge in [0, 0.05) is 124 Å². The van der Waals surface area contributed by atoms with Crippen molar-refractivity contribution in [2.24, 2.45) is 20.0 Å². The van der Waals surface area contributed by atoms with Crippen molar-refractivity contribution in [1.82, 2.24) is 44.7 Å². The highest BCUT2D eigenvalue weighted by molar-refractivity contribution is 9.10. The summed E-state index contributed by atoms with van der Waals surface area (Å²) in [6, 6.07) is 11.9. The normalized spacial score (nSPS) is 17.3. The number of benzene rings is 3. The fourth-order valence-electron chi connectivity index (χ4n) is 10.1. The number of piperidine rings is 1. The molecule has 18 nitrogen and oxygen atoms in total. The highest BCUT2D eigenvalue weighted by Crippen LogP contribution is 2.45. The van der Waals surface area contributed by atoms with Gasteiger partial charge in [0.15, 0.2) is 5.82 Å². The summed E-state index contributed by atoms with van der Waals surface area (Å²) in [5.41, 5.74) is 5.99. The molecular formula is C50H54BrF2N14O4P. The Labute approximate surface area is 422 Å². The van der Waals surface area contributed by atoms with Crippen molar-refractivity contribution in [1.29, 1.82) is 0 Å². The van der Waals surface area contributed by atoms with E-state index in [1.807, 2.05) is 25.5 Å². The summed E-state index contributed by atoms with van der Waals surface area (Å²) in [6.45, 7) is 9.12. The number of aryl methyl sites for hydroxylation is 2. The molecule has 4 aliphatic rings. The summed E-state index contributed by atoms with van der Waals surface area (Å²) in [5.74, 6) is 1.02. The highest BCUT2D eigenvalue weighted by atomic mass is 79.9. The van der Waals surface area contributed by atoms with Gasteiger partial charge in [-0.15, -0.1) is 0 Å². The van der Waals surface area contributed by atoms with Gasteiger partial charge in [0.1, 0.15) is 30.3 Å². The molecule has 22 heteroatoms. The van der Waals surface area contributed by atoms with Gasteiger partial charge in [0.05, 0.1) is 51.1 Å². The molecule has 4 aromatic heterocycles. The number of urea groups is 1. The van der Waals surface area contributed by atoms with Crippen LogP contribution in [0.5, 0.6) is 5.75 Å². The molecule has 7 heterocycles. The van der Waals surface area contributed by atoms with E-state index in [9.17, 15) is 18.5 Å². The maximum atomic E-state index is 15.9. The SMILES string of the molecule is Cn1cc(-c2cc(Nc3ncc(Br)c(Nc4ccc5ncc(F)cc5c4P(C)(C)=O)n3)c(OC3CC3)cc2N2CCC(CN3CCN(c4cc5c(cc4F)c(N4CCC(=O)NC4=O)nn5C)CC3)CC2)cn1. The van der Waals surface area contributed by atoms with Crippen LogP contribution in [0, 0.1) is 17.6 Å². The standard InChI is InChI=1S/C50H54BrF2N14O4P/c1-62-28-30(24-56-62)33-21-40(58-49-55-26-36(51)47(60-49)57-39-8-7-38-34(19-31(52)25-54-38)46(39)72(3,4)70)44(71-32-5-6-32)23-42(33)65-12-9-29(10-13-65)27-64-15-17-66(18-16-64)43-22-41-35(20-37(43)53)48(61-63(41)2)67-14-11-45(68)59-50(67)69/h7-8,19-26,28-29,32H,5-6,9-18,27H2,1-4H3,(H,59,68,69)(H2,55,57,58,60). The van der Waals surface area contributed by atoms with E-state index >= 15 is 4.39 Å². The van der Waals surface area contributed by atoms with E-state index in [2.05, 4.69) is 78.9 Å². The number of nitrogens with zero attached hydrogens (tertiary/aromatic N) is 11. The Morgan fingerprint density at radius 1 is 0.847 bits per heavy atom. The second-order valence-electron chi connectivity index (χ2n) is 19.5. The van der Waals surface area contributed by atoms with Gasteiger partial charge in [-0.3, -0.25) is 34.3 Å². The Hall–Kier alpha value is -6.70. The molecule has 0 spiro atoms. The van der Waals surface area contributed by atoms with Crippen molar-refractivity contribution in [2.75, 3.05) is 91.0 Å². The fourth-order valence-corrected chi connectivity index (χ4v) is 11.9. The second kappa shape index (κ2) is 19.0. The molecule has 4 fully saturated rings. The van der Waals surface area contributed by atoms with Crippen molar-refractivity contribution in [3.05, 3.63) is 83.4 Å². The van der Waals surface area contributed by atoms with Gasteiger partial charge in [0.25, 0.3) is 0 Å². The summed E-state index contributed by atoms with van der Waals surface area (Å²) >= 11 is 3.60. The van der Waals surface area contributed by atoms with Gasteiger partial charge in [-0.25, -0.2) is 18.6 Å². The van der Waals surface area contributed by atoms with Crippen LogP contribution in [0.2, 0.25) is 0 Å². The van der Waals surface area contributed by atoms with Crippen LogP contribution < -0.4 is 40.7 Å². The van der Waals surface area contributed by atoms with Crippen LogP contribution in [0.4, 0.5) is 53.9 Å². The molecule has 3 aliphatic heterocycles. The molecule has 374 valence electrons. The number of piperazine rings is 1. The van der Waals surface area contributed by atoms with Crippen molar-refractivity contribution >= 4 is 102 Å². The predicted octanol–water partition coefficient (Wildman–Crippen LogP) is 8.11. The number of fused-ring (bicyclic) bond motifs is 2. The zero-order chi connectivity index (χ0) is 50.0. The van der Waals surface area contributed by atoms with E-state index in [1.165, 1.54) is 17.0 Å². The first kappa shape index (κ1) is 47.6. The van der Waals surface area contributed by atoms with E-state index in [0.717, 1.165) is 81.4 Å². The Morgan fingerprint density at radius 3 is 2.35 bits per heavy atom. The minimum absolute atomic E-state index is 0.104. The number of anilines is 7. The summed E-state index contributed by atoms with van der Waals surface area (Å²) in [5, 5.41) is 19.7. The Kier molecular flexibility index (Phi) is 12.6. The number of rotatable bonds is 13. The van der Waals surface area contributed by atoms with Gasteiger partial charge < -0.3 is 29.7 Å². The lowest BCUT2D eigenvalue weighted by Gasteiger charge is -2.40. The van der Waals surface area contributed by atoms with Crippen molar-refractivity contribution in [2.45, 2.75) is 38.2 Å². The molecular weight excluding hydrogens is 1010 g/mol. The molecule has 0 unspecified atom stereocenters. The molecule has 0 bridgehead atoms. The number of imide groups is 1. The number of carbonyl (C=O) groups is 2. The number of aromatic nitrogens is 7. The fraction of sp³-hybridized carbons (Fsp3) is 0.380. The van der Waals surface area contributed by atoms with Crippen molar-refractivity contribution < 1.29 is 27.7 Å². The molecule has 1 saturated carbocycles. The van der Waals surface area contributed by atoms with Crippen LogP contribution in [0.3, 0.4) is 0 Å². The van der Waals surface area contributed by atoms with E-state index in [0.29, 0.717) is 91.0 Å². The van der Waals surface area contributed by atoms with Crippen LogP contribution in [0.15, 0.2) is 71.7 Å². The number of hydrogen-bond donors (Lipinski definition) is 3. The number of pyridine rings is 1. The van der Waals surface area contributed by atoms with Crippen molar-refractivity contribution in [3.63, 3.8) is 0 Å². The third-order valence-corrected chi connectivity index (χ3v) is 16.0. The number of ether oxygens (including phenoxy) is 1. The first-order valence-corrected chi connectivity index (χ1v) is 27.5. The molecule has 11 rings (SSSR count). The monoisotopic (exact) mass is 1060 g/mol. The van der Waals surface area contributed by atoms with Crippen LogP contribution in [0.25, 0.3) is 32.9 Å². The maximum Gasteiger partial charge on any atom is 0.329 e. The minimum Gasteiger partial charge on any atom is -0.488 e. The zero-order valence-electron chi connectivity index (χ0n) is 40.3. The van der Waals surface area contributed by atoms with Gasteiger partial charge in [-0.1, -0.05) is 0 Å². The lowest BCUT2D eigenvalue weighted by molar-refractivity contribution is -0.120. The molecule has 1 aliphatic carbocycles. The molecule has 0 radical (unpaired) electrons. The zero-order valence-corrected chi connectivity index (χ0v) is 42.8. The summed E-state index contributed by atoms with van der Waals surface area (Å²) < 4.78 is 54.7. The van der Waals surface area contributed by atoms with E-state index in [1.54, 1.807) is 48.1 Å². The summed E-state index contributed by atoms with van der Waals surface area (Å²) in [4.78, 5) is 46.5. The smallest absolute Gasteiger partial charge is 0.329 e. The number of amides is 3. The summed E-state index contributed by atoms with van der Waals surface area (Å²) in [6.07, 6.45) is 10.9. The minimum atomic E-state index is -2.94. The molecule has 3 saturated heterocycles. The molecule has 3 aromatic carbocycles. The first-order valence-electron chi connectivity index (χ1n) is 24.2. The third-order valence-electron chi connectivity index (χ3n) is 13.9. The third kappa shape index (κ3) is 9.68. The average molecular weight is 1060 g/mol. The van der Waals surface area contributed by atoms with E-state index in [4.69, 9.17) is 9.72 Å². The number of nitrogens with one attached hydrogen (secondary N) is 3. The lowest BCUT2D eigenvalue weighted by Crippen LogP contribution is -2.49. The Bertz CT molecular complexity index is 3330. The Morgan fingerprint density at radius 2 is 1.62 bits per heavy atom. The van der Waals surface area contributed by atoms with Crippen molar-refractivity contribution in [3.8, 4) is 16.9 Å². The molecule has 0 atom stereocenters. The lowest BCUT2D eigenvalue weighted by atomic mass is 9.94. The predicted molar refractivity (Wildman–Crippen MR) is 279 cm³/mol. The first-order chi connectivity index (χ1) is 34.6. The van der Waals surface area contributed by atoms with E-state index < -0.39 is 19.0 Å². The molecule has 3 amide bonds. The molecule has 3 N–H and O–H groups in total. The second-order valence-corrected chi connectivity index (χ2v) is 23.5. The number of carbonyl (C=O) groups excluding carboxylic acids is 2. The van der Waals surface area contributed by atoms with E-state index in [-0.39, 0.29) is 30.8 Å². The number of halogens is 3. The largest absolute Gasteiger partial charge is 0.488 e. The van der Waals surface area contributed by atoms with Crippen LogP contribution in [-0.4, -0.2) is 123 Å². The van der Waals surface area contributed by atoms with Gasteiger partial charge >= 0.3 is 6.03 Å². The van der Waals surface area contributed by atoms with Crippen LogP contribution >= 0.6 is 23.1 Å². The van der Waals surface area contributed by atoms with Crippen LogP contribution in [-0.2, 0) is 23.5 Å². The Balaban J connectivity index is 0.785. The molecule has 72 heavy (non-hydrogen) atoms. The summed E-state index contributed by atoms with van der Waals surface area (Å²) in [7, 11) is 0.739. The molecule has 7 aromatic rings.